The number of hydrogen-bond donors (Lipinski definition) is 0. The van der Waals surface area contributed by atoms with Gasteiger partial charge in [0.15, 0.2) is 5.78 Å². The highest BCUT2D eigenvalue weighted by molar-refractivity contribution is 6.09. The molecule has 0 bridgehead atoms. The Labute approximate surface area is 171 Å². The predicted molar refractivity (Wildman–Crippen MR) is 106 cm³/mol. The molecule has 2 aromatic carbocycles. The molecule has 8 heteroatoms. The average Bonchev–Trinajstić information content (AvgIpc) is 2.90. The molecule has 0 N–H and O–H groups in total. The lowest BCUT2D eigenvalue weighted by atomic mass is 10.0. The number of halogens is 1. The predicted octanol–water partition coefficient (Wildman–Crippen LogP) is 2.75. The summed E-state index contributed by atoms with van der Waals surface area (Å²) < 4.78 is 21.0. The second kappa shape index (κ2) is 8.44. The highest BCUT2D eigenvalue weighted by atomic mass is 19.1. The van der Waals surface area contributed by atoms with E-state index in [1.807, 2.05) is 0 Å². The molecule has 2 heterocycles. The molecule has 0 saturated heterocycles. The van der Waals surface area contributed by atoms with Gasteiger partial charge in [-0.15, -0.1) is 0 Å². The van der Waals surface area contributed by atoms with Crippen LogP contribution in [0, 0.1) is 5.82 Å². The van der Waals surface area contributed by atoms with Crippen LogP contribution in [0.25, 0.3) is 0 Å². The second-order valence-corrected chi connectivity index (χ2v) is 7.15. The molecule has 0 fully saturated rings. The first kappa shape index (κ1) is 19.8. The van der Waals surface area contributed by atoms with Crippen LogP contribution < -0.4 is 10.4 Å². The van der Waals surface area contributed by atoms with E-state index in [0.29, 0.717) is 23.5 Å². The molecule has 0 amide bonds. The molecule has 7 nitrogen and oxygen atoms in total. The van der Waals surface area contributed by atoms with Crippen LogP contribution in [0.3, 0.4) is 0 Å². The third kappa shape index (κ3) is 4.22. The quantitative estimate of drug-likeness (QED) is 0.368. The number of carbonyl (C=O) groups excluding carboxylic acids is 2. The van der Waals surface area contributed by atoms with Crippen molar-refractivity contribution < 1.29 is 18.7 Å². The van der Waals surface area contributed by atoms with Crippen molar-refractivity contribution in [3.63, 3.8) is 0 Å². The Morgan fingerprint density at radius 3 is 2.33 bits per heavy atom. The van der Waals surface area contributed by atoms with Crippen LogP contribution in [-0.4, -0.2) is 26.1 Å². The summed E-state index contributed by atoms with van der Waals surface area (Å²) in [6, 6.07) is 11.3. The van der Waals surface area contributed by atoms with Crippen molar-refractivity contribution in [2.75, 3.05) is 0 Å². The summed E-state index contributed by atoms with van der Waals surface area (Å²) in [4.78, 5) is 37.1. The molecule has 154 valence electrons. The topological polar surface area (TPSA) is 83.2 Å². The summed E-state index contributed by atoms with van der Waals surface area (Å²) in [7, 11) is 0. The van der Waals surface area contributed by atoms with E-state index < -0.39 is 11.8 Å². The minimum Gasteiger partial charge on any atom is -0.425 e. The number of ketones is 1. The van der Waals surface area contributed by atoms with Crippen molar-refractivity contribution in [3.8, 4) is 5.75 Å². The number of esters is 1. The number of fused-ring (bicyclic) bond motifs is 1. The number of nitrogens with zero attached hydrogens (tertiary/aromatic N) is 3. The number of benzene rings is 2. The van der Waals surface area contributed by atoms with Gasteiger partial charge in [0.1, 0.15) is 23.9 Å². The summed E-state index contributed by atoms with van der Waals surface area (Å²) in [5, 5.41) is 4.26. The highest BCUT2D eigenvalue weighted by Gasteiger charge is 2.18. The van der Waals surface area contributed by atoms with E-state index in [0.717, 1.165) is 30.4 Å². The van der Waals surface area contributed by atoms with Gasteiger partial charge < -0.3 is 4.74 Å². The zero-order valence-electron chi connectivity index (χ0n) is 16.2. The molecule has 1 aliphatic heterocycles. The molecular formula is C22H20FN3O4. The van der Waals surface area contributed by atoms with Crippen LogP contribution >= 0.6 is 0 Å². The molecule has 0 radical (unpaired) electrons. The van der Waals surface area contributed by atoms with Gasteiger partial charge in [0.25, 0.3) is 0 Å². The van der Waals surface area contributed by atoms with Crippen molar-refractivity contribution in [1.29, 1.82) is 0 Å². The fraction of sp³-hybridized carbons (Fsp3) is 0.273. The van der Waals surface area contributed by atoms with Crippen LogP contribution in [0.4, 0.5) is 4.39 Å². The lowest BCUT2D eigenvalue weighted by Crippen LogP contribution is -2.29. The van der Waals surface area contributed by atoms with E-state index in [2.05, 4.69) is 5.10 Å². The molecule has 1 aromatic heterocycles. The number of hydrogen-bond acceptors (Lipinski definition) is 5. The second-order valence-electron chi connectivity index (χ2n) is 7.15. The molecule has 30 heavy (non-hydrogen) atoms. The molecular weight excluding hydrogens is 389 g/mol. The maximum atomic E-state index is 13.0. The van der Waals surface area contributed by atoms with Crippen LogP contribution in [-0.2, 0) is 24.3 Å². The fourth-order valence-corrected chi connectivity index (χ4v) is 3.46. The number of ether oxygens (including phenoxy) is 1. The lowest BCUT2D eigenvalue weighted by Gasteiger charge is -2.06. The van der Waals surface area contributed by atoms with Gasteiger partial charge in [0.05, 0.1) is 0 Å². The normalized spacial score (nSPS) is 13.4. The summed E-state index contributed by atoms with van der Waals surface area (Å²) >= 11 is 0. The lowest BCUT2D eigenvalue weighted by molar-refractivity contribution is -0.135. The Balaban J connectivity index is 1.41. The van der Waals surface area contributed by atoms with Gasteiger partial charge >= 0.3 is 11.7 Å². The first-order chi connectivity index (χ1) is 14.5. The minimum absolute atomic E-state index is 0.254. The van der Waals surface area contributed by atoms with Gasteiger partial charge in [-0.2, -0.15) is 5.10 Å². The van der Waals surface area contributed by atoms with E-state index in [-0.39, 0.29) is 23.8 Å². The Morgan fingerprint density at radius 2 is 1.63 bits per heavy atom. The molecule has 0 aliphatic carbocycles. The molecule has 4 rings (SSSR count). The Hall–Kier alpha value is -3.55. The van der Waals surface area contributed by atoms with Crippen LogP contribution in [0.1, 0.15) is 41.0 Å². The first-order valence-corrected chi connectivity index (χ1v) is 9.79. The smallest absolute Gasteiger partial charge is 0.346 e. The van der Waals surface area contributed by atoms with Crippen molar-refractivity contribution in [3.05, 3.63) is 81.8 Å². The van der Waals surface area contributed by atoms with Gasteiger partial charge in [-0.25, -0.2) is 18.7 Å². The fourth-order valence-electron chi connectivity index (χ4n) is 3.46. The van der Waals surface area contributed by atoms with Gasteiger partial charge in [-0.1, -0.05) is 6.42 Å². The Kier molecular flexibility index (Phi) is 5.56. The summed E-state index contributed by atoms with van der Waals surface area (Å²) in [5.74, 6) is -0.345. The summed E-state index contributed by atoms with van der Waals surface area (Å²) in [6.45, 7) is 0.335. The zero-order valence-corrected chi connectivity index (χ0v) is 16.2. The van der Waals surface area contributed by atoms with Gasteiger partial charge in [-0.3, -0.25) is 9.36 Å². The molecule has 0 unspecified atom stereocenters. The maximum absolute atomic E-state index is 13.0. The van der Waals surface area contributed by atoms with Crippen LogP contribution in [0.5, 0.6) is 5.75 Å². The summed E-state index contributed by atoms with van der Waals surface area (Å²) in [6.07, 6.45) is 3.68. The third-order valence-corrected chi connectivity index (χ3v) is 5.01. The highest BCUT2D eigenvalue weighted by Crippen LogP contribution is 2.16. The SMILES string of the molecule is O=C(Cn1nc2n(c1=O)CCCCC2)Oc1ccc(C(=O)c2ccc(F)cc2)cc1. The molecule has 0 spiro atoms. The Bertz CT molecular complexity index is 1130. The van der Waals surface area contributed by atoms with Crippen molar-refractivity contribution in [2.24, 2.45) is 0 Å². The monoisotopic (exact) mass is 409 g/mol. The molecule has 3 aromatic rings. The number of carbonyl (C=O) groups is 2. The number of aromatic nitrogens is 3. The Morgan fingerprint density at radius 1 is 0.967 bits per heavy atom. The minimum atomic E-state index is -0.622. The first-order valence-electron chi connectivity index (χ1n) is 9.79. The van der Waals surface area contributed by atoms with Crippen molar-refractivity contribution >= 4 is 11.8 Å². The van der Waals surface area contributed by atoms with E-state index >= 15 is 0 Å². The standard InChI is InChI=1S/C22H20FN3O4/c23-17-9-5-15(6-10-17)21(28)16-7-11-18(12-8-16)30-20(27)14-26-22(29)25-13-3-1-2-4-19(25)24-26/h5-12H,1-4,13-14H2. The van der Waals surface area contributed by atoms with Gasteiger partial charge in [0.2, 0.25) is 0 Å². The zero-order chi connectivity index (χ0) is 21.1. The maximum Gasteiger partial charge on any atom is 0.346 e. The molecule has 0 saturated carbocycles. The van der Waals surface area contributed by atoms with Crippen LogP contribution in [0.15, 0.2) is 53.3 Å². The molecule has 1 aliphatic rings. The largest absolute Gasteiger partial charge is 0.425 e. The van der Waals surface area contributed by atoms with E-state index in [9.17, 15) is 18.8 Å². The van der Waals surface area contributed by atoms with Gasteiger partial charge in [0, 0.05) is 24.1 Å². The summed E-state index contributed by atoms with van der Waals surface area (Å²) in [5.41, 5.74) is 0.444. The van der Waals surface area contributed by atoms with Gasteiger partial charge in [-0.05, 0) is 61.4 Å². The van der Waals surface area contributed by atoms with Crippen molar-refractivity contribution in [2.45, 2.75) is 38.8 Å². The van der Waals surface area contributed by atoms with Crippen LogP contribution in [0.2, 0.25) is 0 Å². The average molecular weight is 409 g/mol. The van der Waals surface area contributed by atoms with E-state index in [1.54, 1.807) is 4.57 Å². The number of aryl methyl sites for hydroxylation is 1. The van der Waals surface area contributed by atoms with Crippen molar-refractivity contribution in [1.82, 2.24) is 14.3 Å². The number of rotatable bonds is 5. The third-order valence-electron chi connectivity index (χ3n) is 5.01. The van der Waals surface area contributed by atoms with E-state index in [4.69, 9.17) is 4.74 Å². The van der Waals surface area contributed by atoms with E-state index in [1.165, 1.54) is 48.5 Å². The molecule has 0 atom stereocenters.